The molecule has 0 saturated heterocycles. The molecule has 1 aromatic rings. The lowest BCUT2D eigenvalue weighted by atomic mass is 10.2. The summed E-state index contributed by atoms with van der Waals surface area (Å²) in [5.74, 6) is -1.15. The molecule has 0 radical (unpaired) electrons. The number of carbonyl (C=O) groups is 2. The Morgan fingerprint density at radius 2 is 2.15 bits per heavy atom. The lowest BCUT2D eigenvalue weighted by Gasteiger charge is -2.28. The molecule has 0 aliphatic rings. The Hall–Kier alpha value is -1.60. The Labute approximate surface area is 122 Å². The van der Waals surface area contributed by atoms with Crippen LogP contribution in [0.4, 0.5) is 4.79 Å². The maximum absolute atomic E-state index is 12.2. The van der Waals surface area contributed by atoms with Crippen LogP contribution in [0, 0.1) is 0 Å². The standard InChI is InChI=1S/C13H20N2O4S/c1-9(2)15(8-10-4-3-7-20-10)13(19)14-11(5-6-16)12(17)18/h3-4,7,9,11,16H,5-6,8H2,1-2H3,(H,14,19)(H,17,18)/t11-/m1/s1. The molecule has 0 fully saturated rings. The van der Waals surface area contributed by atoms with Gasteiger partial charge < -0.3 is 20.4 Å². The second kappa shape index (κ2) is 7.86. The molecule has 0 aliphatic heterocycles. The zero-order chi connectivity index (χ0) is 15.1. The van der Waals surface area contributed by atoms with Gasteiger partial charge in [0.15, 0.2) is 0 Å². The zero-order valence-corrected chi connectivity index (χ0v) is 12.4. The molecule has 1 aromatic heterocycles. The first-order chi connectivity index (χ1) is 9.45. The van der Waals surface area contributed by atoms with Crippen molar-refractivity contribution in [1.82, 2.24) is 10.2 Å². The van der Waals surface area contributed by atoms with E-state index in [4.69, 9.17) is 10.2 Å². The van der Waals surface area contributed by atoms with Gasteiger partial charge in [-0.3, -0.25) is 0 Å². The Morgan fingerprint density at radius 1 is 1.45 bits per heavy atom. The molecule has 1 rings (SSSR count). The maximum atomic E-state index is 12.2. The molecule has 20 heavy (non-hydrogen) atoms. The van der Waals surface area contributed by atoms with Gasteiger partial charge in [0.2, 0.25) is 0 Å². The van der Waals surface area contributed by atoms with Crippen LogP contribution in [0.1, 0.15) is 25.1 Å². The predicted molar refractivity (Wildman–Crippen MR) is 76.7 cm³/mol. The predicted octanol–water partition coefficient (Wildman–Crippen LogP) is 1.50. The van der Waals surface area contributed by atoms with Crippen LogP contribution in [0.25, 0.3) is 0 Å². The Kier molecular flexibility index (Phi) is 6.47. The molecule has 0 aromatic carbocycles. The minimum absolute atomic E-state index is 0.00793. The van der Waals surface area contributed by atoms with Crippen LogP contribution in [0.15, 0.2) is 17.5 Å². The second-order valence-corrected chi connectivity index (χ2v) is 5.69. The molecule has 1 atom stereocenters. The van der Waals surface area contributed by atoms with Gasteiger partial charge in [0.25, 0.3) is 0 Å². The molecule has 3 N–H and O–H groups in total. The van der Waals surface area contributed by atoms with Crippen LogP contribution >= 0.6 is 11.3 Å². The fraction of sp³-hybridized carbons (Fsp3) is 0.538. The second-order valence-electron chi connectivity index (χ2n) is 4.65. The number of rotatable bonds is 7. The molecule has 6 nitrogen and oxygen atoms in total. The van der Waals surface area contributed by atoms with Crippen LogP contribution in [0.5, 0.6) is 0 Å². The van der Waals surface area contributed by atoms with E-state index in [1.165, 1.54) is 0 Å². The highest BCUT2D eigenvalue weighted by atomic mass is 32.1. The maximum Gasteiger partial charge on any atom is 0.326 e. The lowest BCUT2D eigenvalue weighted by molar-refractivity contribution is -0.139. The van der Waals surface area contributed by atoms with Crippen molar-refractivity contribution in [3.05, 3.63) is 22.4 Å². The number of nitrogens with zero attached hydrogens (tertiary/aromatic N) is 1. The van der Waals surface area contributed by atoms with Crippen molar-refractivity contribution in [2.75, 3.05) is 6.61 Å². The van der Waals surface area contributed by atoms with Crippen LogP contribution in [-0.4, -0.2) is 45.8 Å². The number of carboxylic acid groups (broad SMARTS) is 1. The van der Waals surface area contributed by atoms with Gasteiger partial charge in [0.1, 0.15) is 6.04 Å². The molecule has 7 heteroatoms. The Balaban J connectivity index is 2.70. The van der Waals surface area contributed by atoms with Gasteiger partial charge in [-0.15, -0.1) is 11.3 Å². The van der Waals surface area contributed by atoms with Gasteiger partial charge in [-0.1, -0.05) is 6.07 Å². The van der Waals surface area contributed by atoms with Crippen molar-refractivity contribution in [3.63, 3.8) is 0 Å². The van der Waals surface area contributed by atoms with E-state index in [-0.39, 0.29) is 19.1 Å². The summed E-state index contributed by atoms with van der Waals surface area (Å²) >= 11 is 1.54. The van der Waals surface area contributed by atoms with Gasteiger partial charge in [0.05, 0.1) is 6.54 Å². The third-order valence-electron chi connectivity index (χ3n) is 2.80. The average molecular weight is 300 g/mol. The molecule has 0 saturated carbocycles. The smallest absolute Gasteiger partial charge is 0.326 e. The summed E-state index contributed by atoms with van der Waals surface area (Å²) in [6, 6.07) is 2.27. The van der Waals surface area contributed by atoms with Crippen molar-refractivity contribution in [2.24, 2.45) is 0 Å². The van der Waals surface area contributed by atoms with Gasteiger partial charge in [-0.25, -0.2) is 9.59 Å². The van der Waals surface area contributed by atoms with Gasteiger partial charge in [0, 0.05) is 23.9 Å². The van der Waals surface area contributed by atoms with E-state index in [0.717, 1.165) is 4.88 Å². The third-order valence-corrected chi connectivity index (χ3v) is 3.67. The van der Waals surface area contributed by atoms with Crippen molar-refractivity contribution < 1.29 is 19.8 Å². The third kappa shape index (κ3) is 4.82. The molecule has 0 unspecified atom stereocenters. The van der Waals surface area contributed by atoms with E-state index in [9.17, 15) is 9.59 Å². The number of carboxylic acids is 1. The topological polar surface area (TPSA) is 89.9 Å². The van der Waals surface area contributed by atoms with Crippen molar-refractivity contribution in [3.8, 4) is 0 Å². The molecule has 1 heterocycles. The van der Waals surface area contributed by atoms with Crippen molar-refractivity contribution in [2.45, 2.75) is 38.9 Å². The molecule has 0 bridgehead atoms. The number of urea groups is 1. The van der Waals surface area contributed by atoms with E-state index in [0.29, 0.717) is 6.54 Å². The minimum atomic E-state index is -1.15. The minimum Gasteiger partial charge on any atom is -0.480 e. The van der Waals surface area contributed by atoms with Crippen LogP contribution < -0.4 is 5.32 Å². The summed E-state index contributed by atoms with van der Waals surface area (Å²) in [5, 5.41) is 22.2. The number of aliphatic hydroxyl groups is 1. The molecular weight excluding hydrogens is 280 g/mol. The first kappa shape index (κ1) is 16.5. The van der Waals surface area contributed by atoms with E-state index in [1.54, 1.807) is 16.2 Å². The summed E-state index contributed by atoms with van der Waals surface area (Å²) in [7, 11) is 0. The monoisotopic (exact) mass is 300 g/mol. The summed E-state index contributed by atoms with van der Waals surface area (Å²) in [5.41, 5.74) is 0. The van der Waals surface area contributed by atoms with Crippen molar-refractivity contribution in [1.29, 1.82) is 0 Å². The SMILES string of the molecule is CC(C)N(Cc1cccs1)C(=O)N[C@H](CCO)C(=O)O. The highest BCUT2D eigenvalue weighted by Crippen LogP contribution is 2.14. The fourth-order valence-electron chi connectivity index (χ4n) is 1.68. The number of thiophene rings is 1. The van der Waals surface area contributed by atoms with Gasteiger partial charge >= 0.3 is 12.0 Å². The van der Waals surface area contributed by atoms with Gasteiger partial charge in [-0.05, 0) is 25.3 Å². The number of hydrogen-bond acceptors (Lipinski definition) is 4. The number of hydrogen-bond donors (Lipinski definition) is 3. The number of aliphatic hydroxyl groups excluding tert-OH is 1. The van der Waals surface area contributed by atoms with Gasteiger partial charge in [-0.2, -0.15) is 0 Å². The largest absolute Gasteiger partial charge is 0.480 e. The summed E-state index contributed by atoms with van der Waals surface area (Å²) < 4.78 is 0. The number of aliphatic carboxylic acids is 1. The van der Waals surface area contributed by atoms with E-state index < -0.39 is 18.0 Å². The Morgan fingerprint density at radius 3 is 2.60 bits per heavy atom. The van der Waals surface area contributed by atoms with Crippen molar-refractivity contribution >= 4 is 23.3 Å². The summed E-state index contributed by atoms with van der Waals surface area (Å²) in [4.78, 5) is 25.8. The number of carbonyl (C=O) groups excluding carboxylic acids is 1. The number of amides is 2. The highest BCUT2D eigenvalue weighted by molar-refractivity contribution is 7.09. The first-order valence-electron chi connectivity index (χ1n) is 6.39. The van der Waals surface area contributed by atoms with Crippen LogP contribution in [0.2, 0.25) is 0 Å². The summed E-state index contributed by atoms with van der Waals surface area (Å²) in [6.07, 6.45) is -0.00793. The Bertz CT molecular complexity index is 434. The molecular formula is C13H20N2O4S. The lowest BCUT2D eigenvalue weighted by Crippen LogP contribution is -2.50. The molecule has 0 spiro atoms. The van der Waals surface area contributed by atoms with Crippen LogP contribution in [-0.2, 0) is 11.3 Å². The molecule has 0 aliphatic carbocycles. The normalized spacial score (nSPS) is 12.2. The average Bonchev–Trinajstić information content (AvgIpc) is 2.87. The quantitative estimate of drug-likeness (QED) is 0.712. The number of nitrogens with one attached hydrogen (secondary N) is 1. The fourth-order valence-corrected chi connectivity index (χ4v) is 2.38. The first-order valence-corrected chi connectivity index (χ1v) is 7.26. The molecule has 112 valence electrons. The summed E-state index contributed by atoms with van der Waals surface area (Å²) in [6.45, 7) is 3.89. The van der Waals surface area contributed by atoms with E-state index in [1.807, 2.05) is 31.4 Å². The van der Waals surface area contributed by atoms with E-state index >= 15 is 0 Å². The van der Waals surface area contributed by atoms with Crippen LogP contribution in [0.3, 0.4) is 0 Å². The molecule has 2 amide bonds. The zero-order valence-electron chi connectivity index (χ0n) is 11.6. The van der Waals surface area contributed by atoms with E-state index in [2.05, 4.69) is 5.32 Å². The highest BCUT2D eigenvalue weighted by Gasteiger charge is 2.24.